The van der Waals surface area contributed by atoms with Crippen LogP contribution in [0.1, 0.15) is 12.8 Å². The molecule has 4 heteroatoms. The lowest BCUT2D eigenvalue weighted by molar-refractivity contribution is 0.0699. The number of ether oxygens (including phenoxy) is 2. The highest BCUT2D eigenvalue weighted by Crippen LogP contribution is 2.28. The molecule has 0 aromatic heterocycles. The van der Waals surface area contributed by atoms with E-state index >= 15 is 0 Å². The molecule has 17 heavy (non-hydrogen) atoms. The highest BCUT2D eigenvalue weighted by atomic mass is 79.9. The van der Waals surface area contributed by atoms with E-state index < -0.39 is 0 Å². The second-order valence-corrected chi connectivity index (χ2v) is 5.20. The molecule has 1 saturated heterocycles. The molecule has 0 saturated carbocycles. The lowest BCUT2D eigenvalue weighted by Crippen LogP contribution is -2.22. The van der Waals surface area contributed by atoms with Crippen molar-refractivity contribution in [3.63, 3.8) is 0 Å². The molecular formula is C13H18BrNO2. The maximum absolute atomic E-state index is 5.36. The van der Waals surface area contributed by atoms with E-state index in [0.717, 1.165) is 48.5 Å². The summed E-state index contributed by atoms with van der Waals surface area (Å²) in [4.78, 5) is 0. The molecule has 3 nitrogen and oxygen atoms in total. The lowest BCUT2D eigenvalue weighted by Gasteiger charge is -2.23. The van der Waals surface area contributed by atoms with Gasteiger partial charge in [0.2, 0.25) is 0 Å². The van der Waals surface area contributed by atoms with Gasteiger partial charge in [0, 0.05) is 24.2 Å². The summed E-state index contributed by atoms with van der Waals surface area (Å²) in [7, 11) is 1.70. The van der Waals surface area contributed by atoms with Crippen LogP contribution in [0.5, 0.6) is 5.75 Å². The molecule has 1 heterocycles. The van der Waals surface area contributed by atoms with Crippen molar-refractivity contribution in [2.75, 3.05) is 32.2 Å². The smallest absolute Gasteiger partial charge is 0.142 e. The molecule has 1 N–H and O–H groups in total. The monoisotopic (exact) mass is 299 g/mol. The molecule has 1 fully saturated rings. The van der Waals surface area contributed by atoms with Crippen molar-refractivity contribution < 1.29 is 9.47 Å². The van der Waals surface area contributed by atoms with Gasteiger partial charge in [-0.15, -0.1) is 0 Å². The van der Waals surface area contributed by atoms with Crippen molar-refractivity contribution in [1.29, 1.82) is 0 Å². The van der Waals surface area contributed by atoms with Gasteiger partial charge in [0.05, 0.1) is 12.8 Å². The Morgan fingerprint density at radius 3 is 2.88 bits per heavy atom. The van der Waals surface area contributed by atoms with Gasteiger partial charge in [0.15, 0.2) is 0 Å². The first-order chi connectivity index (χ1) is 8.29. The summed E-state index contributed by atoms with van der Waals surface area (Å²) in [5.74, 6) is 1.59. The Morgan fingerprint density at radius 1 is 1.41 bits per heavy atom. The SMILES string of the molecule is COc1ccc(Br)cc1NCC1CCOCC1. The third kappa shape index (κ3) is 3.61. The molecule has 94 valence electrons. The van der Waals surface area contributed by atoms with Crippen molar-refractivity contribution in [1.82, 2.24) is 0 Å². The predicted octanol–water partition coefficient (Wildman–Crippen LogP) is 3.30. The molecule has 1 aliphatic heterocycles. The zero-order valence-corrected chi connectivity index (χ0v) is 11.6. The van der Waals surface area contributed by atoms with Crippen LogP contribution in [0, 0.1) is 5.92 Å². The van der Waals surface area contributed by atoms with Crippen LogP contribution in [-0.4, -0.2) is 26.9 Å². The van der Waals surface area contributed by atoms with Gasteiger partial charge in [0.1, 0.15) is 5.75 Å². The number of rotatable bonds is 4. The first kappa shape index (κ1) is 12.7. The fourth-order valence-corrected chi connectivity index (χ4v) is 2.38. The fraction of sp³-hybridized carbons (Fsp3) is 0.538. The van der Waals surface area contributed by atoms with E-state index in [4.69, 9.17) is 9.47 Å². The Labute approximate surface area is 111 Å². The average Bonchev–Trinajstić information content (AvgIpc) is 2.38. The van der Waals surface area contributed by atoms with Crippen LogP contribution in [0.15, 0.2) is 22.7 Å². The largest absolute Gasteiger partial charge is 0.495 e. The summed E-state index contributed by atoms with van der Waals surface area (Å²) < 4.78 is 11.8. The summed E-state index contributed by atoms with van der Waals surface area (Å²) >= 11 is 3.48. The third-order valence-electron chi connectivity index (χ3n) is 3.08. The number of hydrogen-bond acceptors (Lipinski definition) is 3. The van der Waals surface area contributed by atoms with Gasteiger partial charge in [-0.05, 0) is 37.0 Å². The second-order valence-electron chi connectivity index (χ2n) is 4.28. The molecule has 0 unspecified atom stereocenters. The van der Waals surface area contributed by atoms with E-state index in [2.05, 4.69) is 27.3 Å². The van der Waals surface area contributed by atoms with Gasteiger partial charge in [-0.3, -0.25) is 0 Å². The van der Waals surface area contributed by atoms with Crippen LogP contribution in [0.25, 0.3) is 0 Å². The van der Waals surface area contributed by atoms with Gasteiger partial charge in [-0.2, -0.15) is 0 Å². The maximum Gasteiger partial charge on any atom is 0.142 e. The lowest BCUT2D eigenvalue weighted by atomic mass is 10.0. The van der Waals surface area contributed by atoms with Crippen molar-refractivity contribution in [3.8, 4) is 5.75 Å². The highest BCUT2D eigenvalue weighted by molar-refractivity contribution is 9.10. The van der Waals surface area contributed by atoms with E-state index in [1.807, 2.05) is 12.1 Å². The molecule has 2 rings (SSSR count). The van der Waals surface area contributed by atoms with Gasteiger partial charge < -0.3 is 14.8 Å². The van der Waals surface area contributed by atoms with Gasteiger partial charge in [-0.1, -0.05) is 15.9 Å². The van der Waals surface area contributed by atoms with Crippen LogP contribution in [-0.2, 0) is 4.74 Å². The molecule has 0 atom stereocenters. The summed E-state index contributed by atoms with van der Waals surface area (Å²) in [6.45, 7) is 2.76. The molecule has 0 radical (unpaired) electrons. The average molecular weight is 300 g/mol. The minimum atomic E-state index is 0.701. The minimum Gasteiger partial charge on any atom is -0.495 e. The Balaban J connectivity index is 1.95. The number of anilines is 1. The van der Waals surface area contributed by atoms with Crippen LogP contribution in [0.2, 0.25) is 0 Å². The standard InChI is InChI=1S/C13H18BrNO2/c1-16-13-3-2-11(14)8-12(13)15-9-10-4-6-17-7-5-10/h2-3,8,10,15H,4-7,9H2,1H3. The van der Waals surface area contributed by atoms with Crippen LogP contribution in [0.3, 0.4) is 0 Å². The topological polar surface area (TPSA) is 30.5 Å². The van der Waals surface area contributed by atoms with Crippen LogP contribution in [0.4, 0.5) is 5.69 Å². The van der Waals surface area contributed by atoms with Crippen molar-refractivity contribution >= 4 is 21.6 Å². The Kier molecular flexibility index (Phi) is 4.68. The van der Waals surface area contributed by atoms with Crippen molar-refractivity contribution in [2.24, 2.45) is 5.92 Å². The van der Waals surface area contributed by atoms with Gasteiger partial charge in [-0.25, -0.2) is 0 Å². The molecule has 1 aliphatic rings. The molecule has 0 aliphatic carbocycles. The second kappa shape index (κ2) is 6.26. The first-order valence-corrected chi connectivity index (χ1v) is 6.74. The Morgan fingerprint density at radius 2 is 2.18 bits per heavy atom. The summed E-state index contributed by atoms with van der Waals surface area (Å²) in [5.41, 5.74) is 1.05. The highest BCUT2D eigenvalue weighted by Gasteiger charge is 2.14. The number of nitrogens with one attached hydrogen (secondary N) is 1. The molecular weight excluding hydrogens is 282 g/mol. The maximum atomic E-state index is 5.36. The molecule has 1 aromatic carbocycles. The van der Waals surface area contributed by atoms with E-state index in [1.165, 1.54) is 0 Å². The zero-order valence-electron chi connectivity index (χ0n) is 10.0. The minimum absolute atomic E-state index is 0.701. The van der Waals surface area contributed by atoms with E-state index in [9.17, 15) is 0 Å². The zero-order chi connectivity index (χ0) is 12.1. The third-order valence-corrected chi connectivity index (χ3v) is 3.58. The number of hydrogen-bond donors (Lipinski definition) is 1. The Hall–Kier alpha value is -0.740. The van der Waals surface area contributed by atoms with Crippen molar-refractivity contribution in [2.45, 2.75) is 12.8 Å². The quantitative estimate of drug-likeness (QED) is 0.925. The summed E-state index contributed by atoms with van der Waals surface area (Å²) in [6, 6.07) is 6.01. The van der Waals surface area contributed by atoms with Gasteiger partial charge in [0.25, 0.3) is 0 Å². The van der Waals surface area contributed by atoms with E-state index in [0.29, 0.717) is 5.92 Å². The van der Waals surface area contributed by atoms with Crippen LogP contribution >= 0.6 is 15.9 Å². The predicted molar refractivity (Wildman–Crippen MR) is 72.7 cm³/mol. The van der Waals surface area contributed by atoms with Crippen molar-refractivity contribution in [3.05, 3.63) is 22.7 Å². The molecule has 1 aromatic rings. The number of benzene rings is 1. The number of methoxy groups -OCH3 is 1. The van der Waals surface area contributed by atoms with Gasteiger partial charge >= 0.3 is 0 Å². The molecule has 0 amide bonds. The number of halogens is 1. The fourth-order valence-electron chi connectivity index (χ4n) is 2.02. The molecule has 0 bridgehead atoms. The summed E-state index contributed by atoms with van der Waals surface area (Å²) in [6.07, 6.45) is 2.28. The normalized spacial score (nSPS) is 16.8. The van der Waals surface area contributed by atoms with Crippen LogP contribution < -0.4 is 10.1 Å². The first-order valence-electron chi connectivity index (χ1n) is 5.95. The van der Waals surface area contributed by atoms with E-state index in [-0.39, 0.29) is 0 Å². The summed E-state index contributed by atoms with van der Waals surface area (Å²) in [5, 5.41) is 3.46. The van der Waals surface area contributed by atoms with E-state index in [1.54, 1.807) is 7.11 Å². The molecule has 0 spiro atoms. The Bertz CT molecular complexity index is 364.